The molecule has 0 atom stereocenters. The van der Waals surface area contributed by atoms with E-state index in [9.17, 15) is 9.18 Å². The van der Waals surface area contributed by atoms with Gasteiger partial charge in [0.2, 0.25) is 0 Å². The third-order valence-corrected chi connectivity index (χ3v) is 5.39. The van der Waals surface area contributed by atoms with Crippen LogP contribution in [0.2, 0.25) is 0 Å². The van der Waals surface area contributed by atoms with Gasteiger partial charge in [-0.1, -0.05) is 13.8 Å². The molecule has 2 fully saturated rings. The minimum absolute atomic E-state index is 0.125. The van der Waals surface area contributed by atoms with Crippen molar-refractivity contribution < 1.29 is 13.9 Å². The third-order valence-electron chi connectivity index (χ3n) is 5.39. The second-order valence-electron chi connectivity index (χ2n) is 8.20. The first-order valence-corrected chi connectivity index (χ1v) is 10.9. The number of aromatic amines is 1. The lowest BCUT2D eigenvalue weighted by atomic mass is 9.74. The van der Waals surface area contributed by atoms with E-state index in [1.54, 1.807) is 11.0 Å². The quantitative estimate of drug-likeness (QED) is 0.558. The van der Waals surface area contributed by atoms with Crippen molar-refractivity contribution in [3.63, 3.8) is 0 Å². The van der Waals surface area contributed by atoms with Crippen molar-refractivity contribution in [2.75, 3.05) is 31.5 Å². The number of rotatable bonds is 5. The number of aromatic nitrogens is 4. The number of carbonyl (C=O) groups excluding carboxylic acids is 1. The summed E-state index contributed by atoms with van der Waals surface area (Å²) in [6, 6.07) is 4.23. The van der Waals surface area contributed by atoms with Gasteiger partial charge in [0.05, 0.1) is 11.8 Å². The van der Waals surface area contributed by atoms with E-state index >= 15 is 0 Å². The number of amides is 1. The summed E-state index contributed by atoms with van der Waals surface area (Å²) in [7, 11) is 0. The fourth-order valence-electron chi connectivity index (χ4n) is 3.86. The molecular formula is C22H28FN7O2. The van der Waals surface area contributed by atoms with Crippen molar-refractivity contribution in [2.24, 2.45) is 5.41 Å². The highest BCUT2D eigenvalue weighted by molar-refractivity contribution is 5.96. The van der Waals surface area contributed by atoms with Crippen LogP contribution >= 0.6 is 0 Å². The Balaban J connectivity index is 0.00000119. The summed E-state index contributed by atoms with van der Waals surface area (Å²) in [6.07, 6.45) is 1.24. The molecule has 1 spiro atoms. The molecular weight excluding hydrogens is 413 g/mol. The van der Waals surface area contributed by atoms with Crippen molar-refractivity contribution in [1.29, 1.82) is 0 Å². The number of halogens is 1. The zero-order chi connectivity index (χ0) is 22.9. The molecule has 3 N–H and O–H groups in total. The molecule has 2 aliphatic heterocycles. The highest BCUT2D eigenvalue weighted by Crippen LogP contribution is 2.35. The van der Waals surface area contributed by atoms with Gasteiger partial charge >= 0.3 is 0 Å². The molecule has 0 aliphatic carbocycles. The molecule has 0 bridgehead atoms. The maximum absolute atomic E-state index is 13.7. The number of H-pyrrole nitrogens is 1. The Morgan fingerprint density at radius 3 is 2.66 bits per heavy atom. The van der Waals surface area contributed by atoms with E-state index < -0.39 is 5.82 Å². The van der Waals surface area contributed by atoms with Crippen LogP contribution in [0.15, 0.2) is 24.5 Å². The summed E-state index contributed by atoms with van der Waals surface area (Å²) in [6.45, 7) is 11.1. The van der Waals surface area contributed by atoms with Crippen LogP contribution in [0.1, 0.15) is 38.3 Å². The normalized spacial score (nSPS) is 16.2. The molecule has 0 saturated carbocycles. The molecule has 32 heavy (non-hydrogen) atoms. The summed E-state index contributed by atoms with van der Waals surface area (Å²) in [5.41, 5.74) is 1.67. The number of imidazole rings is 1. The summed E-state index contributed by atoms with van der Waals surface area (Å²) in [5.74, 6) is 0.477. The first kappa shape index (κ1) is 21.9. The number of hydrogen-bond acceptors (Lipinski definition) is 7. The van der Waals surface area contributed by atoms with Crippen LogP contribution in [-0.2, 0) is 0 Å². The first-order chi connectivity index (χ1) is 15.4. The average Bonchev–Trinajstić information content (AvgIpc) is 3.14. The Hall–Kier alpha value is -3.27. The van der Waals surface area contributed by atoms with Crippen LogP contribution in [0.25, 0.3) is 11.2 Å². The number of hydrogen-bond donors (Lipinski definition) is 3. The number of carbonyl (C=O) groups is 1. The van der Waals surface area contributed by atoms with E-state index in [0.29, 0.717) is 28.4 Å². The van der Waals surface area contributed by atoms with Gasteiger partial charge in [0.15, 0.2) is 17.3 Å². The van der Waals surface area contributed by atoms with E-state index in [2.05, 4.69) is 30.6 Å². The summed E-state index contributed by atoms with van der Waals surface area (Å²) >= 11 is 0. The van der Waals surface area contributed by atoms with Crippen molar-refractivity contribution in [3.8, 4) is 5.75 Å². The van der Waals surface area contributed by atoms with E-state index in [-0.39, 0.29) is 23.3 Å². The molecule has 10 heteroatoms. The van der Waals surface area contributed by atoms with Gasteiger partial charge in [-0.05, 0) is 26.0 Å². The molecule has 170 valence electrons. The second kappa shape index (κ2) is 8.70. The highest BCUT2D eigenvalue weighted by Gasteiger charge is 2.49. The Kier molecular flexibility index (Phi) is 5.96. The summed E-state index contributed by atoms with van der Waals surface area (Å²) < 4.78 is 19.4. The molecule has 0 unspecified atom stereocenters. The maximum Gasteiger partial charge on any atom is 0.289 e. The lowest BCUT2D eigenvalue weighted by molar-refractivity contribution is -0.0254. The predicted octanol–water partition coefficient (Wildman–Crippen LogP) is 3.09. The van der Waals surface area contributed by atoms with Crippen LogP contribution in [0, 0.1) is 11.2 Å². The van der Waals surface area contributed by atoms with Crippen molar-refractivity contribution >= 4 is 28.6 Å². The molecule has 2 aromatic heterocycles. The van der Waals surface area contributed by atoms with Gasteiger partial charge in [0.25, 0.3) is 5.91 Å². The van der Waals surface area contributed by atoms with Crippen molar-refractivity contribution in [2.45, 2.75) is 33.8 Å². The fourth-order valence-corrected chi connectivity index (χ4v) is 3.86. The molecule has 2 saturated heterocycles. The minimum atomic E-state index is -0.396. The lowest BCUT2D eigenvalue weighted by Crippen LogP contribution is -2.72. The van der Waals surface area contributed by atoms with Crippen molar-refractivity contribution in [1.82, 2.24) is 30.2 Å². The number of likely N-dealkylation sites (tertiary alicyclic amines) is 1. The Bertz CT molecular complexity index is 1120. The second-order valence-corrected chi connectivity index (χ2v) is 8.20. The average molecular weight is 442 g/mol. The zero-order valence-corrected chi connectivity index (χ0v) is 18.7. The van der Waals surface area contributed by atoms with Gasteiger partial charge < -0.3 is 25.3 Å². The van der Waals surface area contributed by atoms with Crippen LogP contribution in [0.3, 0.4) is 0 Å². The predicted molar refractivity (Wildman–Crippen MR) is 120 cm³/mol. The summed E-state index contributed by atoms with van der Waals surface area (Å²) in [4.78, 5) is 30.4. The number of nitrogens with one attached hydrogen (secondary N) is 3. The van der Waals surface area contributed by atoms with Gasteiger partial charge in [-0.25, -0.2) is 19.3 Å². The van der Waals surface area contributed by atoms with Crippen molar-refractivity contribution in [3.05, 3.63) is 36.2 Å². The van der Waals surface area contributed by atoms with Gasteiger partial charge in [-0.3, -0.25) is 4.79 Å². The molecule has 3 aromatic rings. The van der Waals surface area contributed by atoms with Crippen LogP contribution in [0.4, 0.5) is 15.9 Å². The molecule has 1 aromatic carbocycles. The molecule has 2 aliphatic rings. The lowest BCUT2D eigenvalue weighted by Gasteiger charge is -2.55. The smallest absolute Gasteiger partial charge is 0.289 e. The molecule has 4 heterocycles. The highest BCUT2D eigenvalue weighted by atomic mass is 19.1. The van der Waals surface area contributed by atoms with E-state index in [1.165, 1.54) is 18.5 Å². The molecule has 9 nitrogen and oxygen atoms in total. The molecule has 5 rings (SSSR count). The van der Waals surface area contributed by atoms with E-state index in [4.69, 9.17) is 4.74 Å². The fraction of sp³-hybridized carbons (Fsp3) is 0.455. The van der Waals surface area contributed by atoms with Gasteiger partial charge in [-0.15, -0.1) is 0 Å². The molecule has 0 radical (unpaired) electrons. The van der Waals surface area contributed by atoms with Crippen LogP contribution in [-0.4, -0.2) is 63.0 Å². The van der Waals surface area contributed by atoms with Gasteiger partial charge in [0.1, 0.15) is 23.4 Å². The molecule has 1 amide bonds. The first-order valence-electron chi connectivity index (χ1n) is 10.9. The SMILES string of the molecule is CC.CC(C)Oc1cc(F)ccc1Nc1ncnc2nc(C(=O)N3CC4(CNC4)C3)[nH]c12. The Morgan fingerprint density at radius 2 is 2.00 bits per heavy atom. The van der Waals surface area contributed by atoms with Crippen LogP contribution in [0.5, 0.6) is 5.75 Å². The number of fused-ring (bicyclic) bond motifs is 1. The minimum Gasteiger partial charge on any atom is -0.489 e. The zero-order valence-electron chi connectivity index (χ0n) is 18.7. The van der Waals surface area contributed by atoms with Gasteiger partial charge in [0, 0.05) is 37.7 Å². The Morgan fingerprint density at radius 1 is 1.25 bits per heavy atom. The van der Waals surface area contributed by atoms with Gasteiger partial charge in [-0.2, -0.15) is 0 Å². The number of anilines is 2. The number of ether oxygens (including phenoxy) is 1. The maximum atomic E-state index is 13.7. The standard InChI is InChI=1S/C20H22FN7O2.C2H6/c1-11(2)30-14-5-12(21)3-4-13(14)25-16-15-17(24-10-23-16)27-18(26-15)19(29)28-8-20(9-28)6-22-7-20;1-2/h3-5,10-11,22H,6-9H2,1-2H3,(H2,23,24,25,26,27);1-2H3. The largest absolute Gasteiger partial charge is 0.489 e. The van der Waals surface area contributed by atoms with Crippen LogP contribution < -0.4 is 15.4 Å². The third kappa shape index (κ3) is 4.10. The summed E-state index contributed by atoms with van der Waals surface area (Å²) in [5, 5.41) is 6.40. The topological polar surface area (TPSA) is 108 Å². The Labute approximate surface area is 185 Å². The number of nitrogens with zero attached hydrogens (tertiary/aromatic N) is 4. The van der Waals surface area contributed by atoms with E-state index in [1.807, 2.05) is 27.7 Å². The number of benzene rings is 1. The van der Waals surface area contributed by atoms with E-state index in [0.717, 1.165) is 26.2 Å². The monoisotopic (exact) mass is 441 g/mol.